The molecule has 9 nitrogen and oxygen atoms in total. The zero-order valence-corrected chi connectivity index (χ0v) is 13.3. The van der Waals surface area contributed by atoms with Crippen LogP contribution in [0.15, 0.2) is 44.1 Å². The van der Waals surface area contributed by atoms with Crippen LogP contribution in [0.1, 0.15) is 24.5 Å². The fraction of sp³-hybridized carbons (Fsp3) is 0.200. The Morgan fingerprint density at radius 2 is 1.92 bits per heavy atom. The Kier molecular flexibility index (Phi) is 4.83. The van der Waals surface area contributed by atoms with Crippen molar-refractivity contribution in [3.05, 3.63) is 56.2 Å². The first kappa shape index (κ1) is 17.0. The summed E-state index contributed by atoms with van der Waals surface area (Å²) in [6.45, 7) is 3.49. The summed E-state index contributed by atoms with van der Waals surface area (Å²) in [5.41, 5.74) is 10.1. The maximum atomic E-state index is 12.2. The highest BCUT2D eigenvalue weighted by Gasteiger charge is 2.20. The Balaban J connectivity index is 2.81. The highest BCUT2D eigenvalue weighted by atomic mass is 16.3. The van der Waals surface area contributed by atoms with E-state index in [1.54, 1.807) is 38.1 Å². The molecule has 126 valence electrons. The number of H-pyrrole nitrogens is 1. The minimum absolute atomic E-state index is 0.143. The lowest BCUT2D eigenvalue weighted by Gasteiger charge is -2.13. The van der Waals surface area contributed by atoms with Gasteiger partial charge in [0, 0.05) is 0 Å². The molecule has 1 aromatic heterocycles. The fourth-order valence-electron chi connectivity index (χ4n) is 2.24. The number of aryl methyl sites for hydroxylation is 1. The maximum absolute atomic E-state index is 12.2. The van der Waals surface area contributed by atoms with Crippen molar-refractivity contribution in [2.45, 2.75) is 20.3 Å². The summed E-state index contributed by atoms with van der Waals surface area (Å²) in [6, 6.07) is 6.94. The number of para-hydroxylation sites is 1. The number of aromatic amines is 1. The average molecular weight is 330 g/mol. The number of hydrogen-bond acceptors (Lipinski definition) is 5. The molecule has 0 aliphatic rings. The van der Waals surface area contributed by atoms with E-state index in [-0.39, 0.29) is 23.7 Å². The van der Waals surface area contributed by atoms with E-state index >= 15 is 0 Å². The van der Waals surface area contributed by atoms with Gasteiger partial charge < -0.3 is 16.6 Å². The van der Waals surface area contributed by atoms with Gasteiger partial charge in [-0.3, -0.25) is 9.78 Å². The predicted molar refractivity (Wildman–Crippen MR) is 91.7 cm³/mol. The summed E-state index contributed by atoms with van der Waals surface area (Å²) in [4.78, 5) is 26.5. The van der Waals surface area contributed by atoms with Crippen molar-refractivity contribution in [1.82, 2.24) is 9.55 Å². The van der Waals surface area contributed by atoms with Crippen molar-refractivity contribution in [3.63, 3.8) is 0 Å². The van der Waals surface area contributed by atoms with Crippen LogP contribution >= 0.6 is 0 Å². The number of nitrogens with one attached hydrogen (secondary N) is 1. The van der Waals surface area contributed by atoms with E-state index in [2.05, 4.69) is 15.2 Å². The molecule has 0 fully saturated rings. The second kappa shape index (κ2) is 6.82. The number of guanidine groups is 1. The molecule has 0 spiro atoms. The average Bonchev–Trinajstić information content (AvgIpc) is 2.51. The van der Waals surface area contributed by atoms with Crippen molar-refractivity contribution in [1.29, 1.82) is 0 Å². The van der Waals surface area contributed by atoms with Crippen LogP contribution in [0.25, 0.3) is 5.69 Å². The third-order valence-electron chi connectivity index (χ3n) is 3.35. The summed E-state index contributed by atoms with van der Waals surface area (Å²) < 4.78 is 1.01. The Bertz CT molecular complexity index is 935. The third kappa shape index (κ3) is 3.19. The topological polar surface area (TPSA) is 152 Å². The lowest BCUT2D eigenvalue weighted by atomic mass is 10.1. The Labute approximate surface area is 137 Å². The molecule has 6 N–H and O–H groups in total. The molecule has 24 heavy (non-hydrogen) atoms. The molecule has 2 rings (SSSR count). The summed E-state index contributed by atoms with van der Waals surface area (Å²) in [6.07, 6.45) is 0.263. The van der Waals surface area contributed by atoms with Crippen molar-refractivity contribution < 1.29 is 5.11 Å². The normalized spacial score (nSPS) is 11.3. The highest BCUT2D eigenvalue weighted by Crippen LogP contribution is 2.20. The van der Waals surface area contributed by atoms with Crippen molar-refractivity contribution >= 4 is 11.7 Å². The molecule has 1 aromatic carbocycles. The molecule has 0 saturated heterocycles. The number of benzene rings is 1. The number of aromatic hydroxyl groups is 1. The molecular formula is C15H18N6O3. The van der Waals surface area contributed by atoms with Gasteiger partial charge in [0.2, 0.25) is 11.8 Å². The molecule has 0 saturated carbocycles. The van der Waals surface area contributed by atoms with Crippen LogP contribution in [-0.2, 0) is 0 Å². The van der Waals surface area contributed by atoms with Gasteiger partial charge in [-0.2, -0.15) is 5.10 Å². The first-order valence-electron chi connectivity index (χ1n) is 7.17. The first-order chi connectivity index (χ1) is 11.4. The minimum atomic E-state index is -0.770. The van der Waals surface area contributed by atoms with Crippen LogP contribution in [0.5, 0.6) is 5.88 Å². The molecule has 0 aliphatic carbocycles. The second-order valence-electron chi connectivity index (χ2n) is 5.00. The Morgan fingerprint density at radius 1 is 1.25 bits per heavy atom. The van der Waals surface area contributed by atoms with Crippen LogP contribution in [0.2, 0.25) is 0 Å². The molecule has 0 radical (unpaired) electrons. The van der Waals surface area contributed by atoms with E-state index in [1.165, 1.54) is 0 Å². The van der Waals surface area contributed by atoms with Crippen LogP contribution in [-0.4, -0.2) is 26.3 Å². The van der Waals surface area contributed by atoms with Gasteiger partial charge in [-0.05, 0) is 25.0 Å². The van der Waals surface area contributed by atoms with Crippen LogP contribution in [0.3, 0.4) is 0 Å². The van der Waals surface area contributed by atoms with Gasteiger partial charge in [0.25, 0.3) is 5.56 Å². The van der Waals surface area contributed by atoms with Gasteiger partial charge in [0.15, 0.2) is 0 Å². The van der Waals surface area contributed by atoms with Gasteiger partial charge in [-0.15, -0.1) is 5.10 Å². The summed E-state index contributed by atoms with van der Waals surface area (Å²) in [7, 11) is 0. The van der Waals surface area contributed by atoms with Gasteiger partial charge in [-0.25, -0.2) is 9.36 Å². The molecule has 1 heterocycles. The summed E-state index contributed by atoms with van der Waals surface area (Å²) >= 11 is 0. The van der Waals surface area contributed by atoms with Gasteiger partial charge in [-0.1, -0.05) is 25.1 Å². The van der Waals surface area contributed by atoms with Gasteiger partial charge >= 0.3 is 5.69 Å². The van der Waals surface area contributed by atoms with Crippen molar-refractivity contribution in [2.24, 2.45) is 21.7 Å². The number of nitrogens with two attached hydrogens (primary N) is 2. The molecule has 0 aliphatic heterocycles. The SMILES string of the molecule is CCC(=NN=C(N)N)c1c(O)n(-c2ccccc2C)c(=O)[nH]c1=O. The standard InChI is InChI=1S/C15H18N6O3/c1-3-9(19-20-14(16)17)11-12(22)18-15(24)21(13(11)23)10-7-5-4-6-8(10)2/h4-7,23H,3H2,1-2H3,(H4,16,17,20)(H,18,22,24). The van der Waals surface area contributed by atoms with Gasteiger partial charge in [0.05, 0.1) is 11.4 Å². The minimum Gasteiger partial charge on any atom is -0.493 e. The third-order valence-corrected chi connectivity index (χ3v) is 3.35. The quantitative estimate of drug-likeness (QED) is 0.351. The Morgan fingerprint density at radius 3 is 2.50 bits per heavy atom. The number of rotatable bonds is 4. The molecule has 0 atom stereocenters. The van der Waals surface area contributed by atoms with Crippen LogP contribution < -0.4 is 22.7 Å². The highest BCUT2D eigenvalue weighted by molar-refractivity contribution is 6.02. The van der Waals surface area contributed by atoms with E-state index < -0.39 is 17.1 Å². The molecule has 9 heteroatoms. The van der Waals surface area contributed by atoms with E-state index in [0.717, 1.165) is 10.1 Å². The fourth-order valence-corrected chi connectivity index (χ4v) is 2.24. The smallest absolute Gasteiger partial charge is 0.335 e. The van der Waals surface area contributed by atoms with E-state index in [1.807, 2.05) is 0 Å². The van der Waals surface area contributed by atoms with Crippen molar-refractivity contribution in [2.75, 3.05) is 0 Å². The van der Waals surface area contributed by atoms with Crippen molar-refractivity contribution in [3.8, 4) is 11.6 Å². The number of aromatic nitrogens is 2. The number of hydrogen-bond donors (Lipinski definition) is 4. The molecule has 0 unspecified atom stereocenters. The number of nitrogens with zero attached hydrogens (tertiary/aromatic N) is 3. The maximum Gasteiger partial charge on any atom is 0.335 e. The second-order valence-corrected chi connectivity index (χ2v) is 5.00. The zero-order chi connectivity index (χ0) is 17.9. The zero-order valence-electron chi connectivity index (χ0n) is 13.3. The molecule has 0 amide bonds. The van der Waals surface area contributed by atoms with Gasteiger partial charge in [0.1, 0.15) is 5.56 Å². The van der Waals surface area contributed by atoms with Crippen LogP contribution in [0.4, 0.5) is 0 Å². The van der Waals surface area contributed by atoms with E-state index in [0.29, 0.717) is 5.69 Å². The molecule has 0 bridgehead atoms. The summed E-state index contributed by atoms with van der Waals surface area (Å²) in [5, 5.41) is 17.8. The molecule has 2 aromatic rings. The lowest BCUT2D eigenvalue weighted by molar-refractivity contribution is 0.429. The predicted octanol–water partition coefficient (Wildman–Crippen LogP) is -0.0727. The van der Waals surface area contributed by atoms with E-state index in [9.17, 15) is 14.7 Å². The first-order valence-corrected chi connectivity index (χ1v) is 7.17. The van der Waals surface area contributed by atoms with E-state index in [4.69, 9.17) is 11.5 Å². The monoisotopic (exact) mass is 330 g/mol. The lowest BCUT2D eigenvalue weighted by Crippen LogP contribution is -2.33. The Hall–Kier alpha value is -3.36. The largest absolute Gasteiger partial charge is 0.493 e. The summed E-state index contributed by atoms with van der Waals surface area (Å²) in [5.74, 6) is -0.812. The van der Waals surface area contributed by atoms with Crippen LogP contribution in [0, 0.1) is 6.92 Å². The molecular weight excluding hydrogens is 312 g/mol.